The molecule has 4 heteroatoms. The molecule has 0 aliphatic rings. The fourth-order valence-electron chi connectivity index (χ4n) is 3.36. The summed E-state index contributed by atoms with van der Waals surface area (Å²) in [5, 5.41) is 0. The first-order valence-corrected chi connectivity index (χ1v) is 10.8. The summed E-state index contributed by atoms with van der Waals surface area (Å²) in [6.45, 7) is 11.6. The van der Waals surface area contributed by atoms with Gasteiger partial charge in [-0.1, -0.05) is 73.8 Å². The fourth-order valence-corrected chi connectivity index (χ4v) is 7.48. The Morgan fingerprint density at radius 1 is 0.783 bits per heavy atom. The largest absolute Gasteiger partial charge is 1.00 e. The Balaban J connectivity index is -0.00000121. The third-order valence-corrected chi connectivity index (χ3v) is 7.19. The van der Waals surface area contributed by atoms with Crippen LogP contribution in [-0.2, 0) is 0 Å². The molecule has 0 unspecified atom stereocenters. The zero-order valence-corrected chi connectivity index (χ0v) is 16.9. The number of benzene rings is 2. The second kappa shape index (κ2) is 9.34. The van der Waals surface area contributed by atoms with Crippen LogP contribution in [-0.4, -0.2) is 13.8 Å². The van der Waals surface area contributed by atoms with E-state index in [0.29, 0.717) is 5.54 Å². The molecule has 0 amide bonds. The van der Waals surface area contributed by atoms with Gasteiger partial charge in [0.25, 0.3) is 0 Å². The normalized spacial score (nSPS) is 11.6. The van der Waals surface area contributed by atoms with Gasteiger partial charge in [-0.15, -0.1) is 0 Å². The summed E-state index contributed by atoms with van der Waals surface area (Å²) in [6.07, 6.45) is 0. The van der Waals surface area contributed by atoms with Crippen molar-refractivity contribution >= 4 is 8.24 Å². The van der Waals surface area contributed by atoms with Gasteiger partial charge in [-0.3, -0.25) is 0 Å². The maximum absolute atomic E-state index is 3.93. The van der Waals surface area contributed by atoms with Crippen LogP contribution in [0.15, 0.2) is 60.7 Å². The van der Waals surface area contributed by atoms with Crippen molar-refractivity contribution < 1.29 is 40.6 Å². The Labute approximate surface area is 170 Å². The average Bonchev–Trinajstić information content (AvgIpc) is 2.38. The number of hydrogen-bond acceptors (Lipinski definition) is 1. The maximum atomic E-state index is 3.93. The molecule has 0 aromatic heterocycles. The van der Waals surface area contributed by atoms with Gasteiger partial charge in [0.15, 0.2) is 0 Å². The van der Waals surface area contributed by atoms with Crippen LogP contribution in [0.5, 0.6) is 0 Å². The molecule has 23 heavy (non-hydrogen) atoms. The molecule has 0 radical (unpaired) electrons. The van der Waals surface area contributed by atoms with E-state index >= 15 is 0 Å². The van der Waals surface area contributed by atoms with E-state index in [4.69, 9.17) is 0 Å². The van der Waals surface area contributed by atoms with Crippen LogP contribution < -0.4 is 42.7 Å². The summed E-state index contributed by atoms with van der Waals surface area (Å²) in [4.78, 5) is 3.93. The van der Waals surface area contributed by atoms with Gasteiger partial charge in [-0.25, -0.2) is 0 Å². The van der Waals surface area contributed by atoms with E-state index in [0.717, 1.165) is 0 Å². The van der Waals surface area contributed by atoms with Gasteiger partial charge in [0.05, 0.1) is 0 Å². The van der Waals surface area contributed by atoms with Crippen molar-refractivity contribution in [2.75, 3.05) is 0 Å². The Kier molecular flexibility index (Phi) is 9.26. The van der Waals surface area contributed by atoms with E-state index in [1.165, 1.54) is 11.1 Å². The van der Waals surface area contributed by atoms with E-state index in [-0.39, 0.29) is 46.1 Å². The topological polar surface area (TPSA) is 12.0 Å². The van der Waals surface area contributed by atoms with Crippen LogP contribution in [0.1, 0.15) is 40.3 Å². The fraction of sp³-hybridized carbons (Fsp3) is 0.368. The van der Waals surface area contributed by atoms with Crippen LogP contribution in [0.2, 0.25) is 13.1 Å². The van der Waals surface area contributed by atoms with Crippen LogP contribution in [0.25, 0.3) is 0 Å². The van der Waals surface area contributed by atoms with Gasteiger partial charge >= 0.3 is 37.7 Å². The first kappa shape index (κ1) is 22.8. The van der Waals surface area contributed by atoms with Crippen LogP contribution in [0.4, 0.5) is 0 Å². The second-order valence-electron chi connectivity index (χ2n) is 7.35. The van der Waals surface area contributed by atoms with Crippen LogP contribution in [0.3, 0.4) is 0 Å². The van der Waals surface area contributed by atoms with Gasteiger partial charge in [-0.05, 0) is 31.9 Å². The molecule has 0 saturated carbocycles. The molecule has 0 heterocycles. The summed E-state index contributed by atoms with van der Waals surface area (Å²) in [7, 11) is -1.70. The molecule has 116 valence electrons. The zero-order valence-electron chi connectivity index (χ0n) is 17.9. The predicted molar refractivity (Wildman–Crippen MR) is 97.3 cm³/mol. The first-order chi connectivity index (χ1) is 9.80. The minimum Gasteiger partial charge on any atom is -1.00 e. The summed E-state index contributed by atoms with van der Waals surface area (Å²) in [5.74, 6) is 0. The standard InChI is InChI=1S/C19H27NSi.2Li.2H/c1-19(2,3)20-21(4,5)18(16-12-8-6-9-13-16)17-14-10-7-11-15-17;;;;/h6-15,18,20H,1-5H3;;;;/q;2*+1;2*-1. The van der Waals surface area contributed by atoms with E-state index in [1.54, 1.807) is 0 Å². The quantitative estimate of drug-likeness (QED) is 0.728. The van der Waals surface area contributed by atoms with Crippen molar-refractivity contribution in [3.05, 3.63) is 71.8 Å². The summed E-state index contributed by atoms with van der Waals surface area (Å²) in [5.41, 5.74) is 3.42. The average molecular weight is 313 g/mol. The molecule has 0 spiro atoms. The minimum absolute atomic E-state index is 0. The van der Waals surface area contributed by atoms with Gasteiger partial charge in [0.1, 0.15) is 8.24 Å². The minimum atomic E-state index is -1.70. The molecule has 0 saturated heterocycles. The monoisotopic (exact) mass is 313 g/mol. The molecule has 0 fully saturated rings. The van der Waals surface area contributed by atoms with Gasteiger partial charge in [-0.2, -0.15) is 0 Å². The molecule has 0 bridgehead atoms. The summed E-state index contributed by atoms with van der Waals surface area (Å²) >= 11 is 0. The molecule has 2 aromatic carbocycles. The van der Waals surface area contributed by atoms with Gasteiger partial charge in [0, 0.05) is 11.1 Å². The first-order valence-electron chi connectivity index (χ1n) is 7.69. The van der Waals surface area contributed by atoms with E-state index in [2.05, 4.69) is 99.5 Å². The molecule has 0 aliphatic heterocycles. The van der Waals surface area contributed by atoms with E-state index < -0.39 is 8.24 Å². The molecule has 2 rings (SSSR count). The molecule has 1 N–H and O–H groups in total. The number of hydrogen-bond donors (Lipinski definition) is 1. The third-order valence-electron chi connectivity index (χ3n) is 3.68. The molecule has 0 atom stereocenters. The van der Waals surface area contributed by atoms with Gasteiger partial charge in [0.2, 0.25) is 0 Å². The molecular formula is C19H29Li2NSi. The van der Waals surface area contributed by atoms with Crippen molar-refractivity contribution in [3.8, 4) is 0 Å². The Morgan fingerprint density at radius 2 is 1.13 bits per heavy atom. The van der Waals surface area contributed by atoms with Crippen molar-refractivity contribution in [2.45, 2.75) is 44.9 Å². The van der Waals surface area contributed by atoms with Crippen molar-refractivity contribution in [1.82, 2.24) is 4.98 Å². The van der Waals surface area contributed by atoms with Crippen molar-refractivity contribution in [3.63, 3.8) is 0 Å². The summed E-state index contributed by atoms with van der Waals surface area (Å²) in [6, 6.07) is 21.8. The van der Waals surface area contributed by atoms with Crippen molar-refractivity contribution in [2.24, 2.45) is 0 Å². The molecule has 0 aliphatic carbocycles. The Bertz CT molecular complexity index is 535. The van der Waals surface area contributed by atoms with Crippen LogP contribution >= 0.6 is 0 Å². The van der Waals surface area contributed by atoms with E-state index in [1.807, 2.05) is 0 Å². The summed E-state index contributed by atoms with van der Waals surface area (Å²) < 4.78 is 0. The van der Waals surface area contributed by atoms with Gasteiger partial charge < -0.3 is 7.84 Å². The Morgan fingerprint density at radius 3 is 1.43 bits per heavy atom. The SMILES string of the molecule is CC(C)(C)N[Si](C)(C)C(c1ccccc1)c1ccccc1.[H-].[H-].[Li+].[Li+]. The second-order valence-corrected chi connectivity index (χ2v) is 11.6. The smallest absolute Gasteiger partial charge is 1.00 e. The van der Waals surface area contributed by atoms with Crippen molar-refractivity contribution in [1.29, 1.82) is 0 Å². The molecule has 1 nitrogen and oxygen atoms in total. The predicted octanol–water partition coefficient (Wildman–Crippen LogP) is -0.816. The maximum Gasteiger partial charge on any atom is 1.00 e. The molecular weight excluding hydrogens is 284 g/mol. The Hall–Kier alpha value is -0.188. The third kappa shape index (κ3) is 6.68. The van der Waals surface area contributed by atoms with Crippen LogP contribution in [0, 0.1) is 0 Å². The number of rotatable bonds is 4. The molecule has 2 aromatic rings. The van der Waals surface area contributed by atoms with E-state index in [9.17, 15) is 0 Å². The number of nitrogens with one attached hydrogen (secondary N) is 1. The zero-order chi connectivity index (χ0) is 15.5.